The van der Waals surface area contributed by atoms with E-state index < -0.39 is 12.0 Å². The van der Waals surface area contributed by atoms with Gasteiger partial charge in [0.1, 0.15) is 6.04 Å². The zero-order valence-corrected chi connectivity index (χ0v) is 11.8. The van der Waals surface area contributed by atoms with Crippen LogP contribution in [0.4, 0.5) is 0 Å². The fourth-order valence-electron chi connectivity index (χ4n) is 1.84. The van der Waals surface area contributed by atoms with Crippen molar-refractivity contribution in [1.29, 1.82) is 0 Å². The molecular weight excluding hydrogens is 256 g/mol. The zero-order chi connectivity index (χ0) is 14.8. The number of rotatable bonds is 9. The second kappa shape index (κ2) is 9.09. The first-order valence-electron chi connectivity index (χ1n) is 6.90. The van der Waals surface area contributed by atoms with Crippen molar-refractivity contribution in [3.63, 3.8) is 0 Å². The second-order valence-corrected chi connectivity index (χ2v) is 4.66. The van der Waals surface area contributed by atoms with Crippen molar-refractivity contribution in [1.82, 2.24) is 10.6 Å². The van der Waals surface area contributed by atoms with E-state index in [4.69, 9.17) is 5.11 Å². The number of amides is 1. The highest BCUT2D eigenvalue weighted by Gasteiger charge is 2.19. The Balaban J connectivity index is 2.40. The van der Waals surface area contributed by atoms with Gasteiger partial charge < -0.3 is 15.7 Å². The molecule has 5 nitrogen and oxygen atoms in total. The van der Waals surface area contributed by atoms with Gasteiger partial charge in [-0.05, 0) is 31.4 Å². The van der Waals surface area contributed by atoms with E-state index in [2.05, 4.69) is 10.6 Å². The molecule has 5 heteroatoms. The first-order valence-corrected chi connectivity index (χ1v) is 6.90. The molecule has 20 heavy (non-hydrogen) atoms. The van der Waals surface area contributed by atoms with E-state index >= 15 is 0 Å². The summed E-state index contributed by atoms with van der Waals surface area (Å²) in [6.07, 6.45) is 1.95. The summed E-state index contributed by atoms with van der Waals surface area (Å²) in [5.41, 5.74) is 1.07. The predicted octanol–water partition coefficient (Wildman–Crippen LogP) is 1.19. The van der Waals surface area contributed by atoms with E-state index in [0.717, 1.165) is 18.5 Å². The van der Waals surface area contributed by atoms with Crippen LogP contribution >= 0.6 is 0 Å². The van der Waals surface area contributed by atoms with Crippen LogP contribution in [0.25, 0.3) is 0 Å². The van der Waals surface area contributed by atoms with Gasteiger partial charge in [0.25, 0.3) is 0 Å². The van der Waals surface area contributed by atoms with Gasteiger partial charge in [-0.3, -0.25) is 4.79 Å². The molecule has 1 amide bonds. The molecule has 0 aliphatic heterocycles. The van der Waals surface area contributed by atoms with Crippen molar-refractivity contribution < 1.29 is 14.7 Å². The molecule has 0 saturated heterocycles. The Morgan fingerprint density at radius 1 is 1.25 bits per heavy atom. The largest absolute Gasteiger partial charge is 0.480 e. The number of benzene rings is 1. The number of aryl methyl sites for hydroxylation is 1. The quantitative estimate of drug-likeness (QED) is 0.593. The molecule has 1 rings (SSSR count). The molecule has 0 spiro atoms. The number of carbonyl (C=O) groups is 2. The Hall–Kier alpha value is -1.88. The molecule has 0 radical (unpaired) electrons. The molecular formula is C15H22N2O3. The van der Waals surface area contributed by atoms with Crippen LogP contribution in [0.2, 0.25) is 0 Å². The van der Waals surface area contributed by atoms with Crippen LogP contribution in [0.1, 0.15) is 25.3 Å². The van der Waals surface area contributed by atoms with Gasteiger partial charge in [-0.25, -0.2) is 4.79 Å². The van der Waals surface area contributed by atoms with Crippen molar-refractivity contribution in [2.45, 2.75) is 32.2 Å². The van der Waals surface area contributed by atoms with E-state index in [9.17, 15) is 9.59 Å². The Labute approximate surface area is 119 Å². The molecule has 1 aromatic carbocycles. The van der Waals surface area contributed by atoms with E-state index in [0.29, 0.717) is 12.8 Å². The lowest BCUT2D eigenvalue weighted by Gasteiger charge is -2.14. The standard InChI is InChI=1S/C15H22N2O3/c1-2-10-16-11-14(18)17-13(15(19)20)9-8-12-6-4-3-5-7-12/h3-7,13,16H,2,8-11H2,1H3,(H,17,18)(H,19,20). The third kappa shape index (κ3) is 6.33. The minimum Gasteiger partial charge on any atom is -0.480 e. The van der Waals surface area contributed by atoms with Crippen LogP contribution in [0.5, 0.6) is 0 Å². The van der Waals surface area contributed by atoms with Crippen LogP contribution in [0.3, 0.4) is 0 Å². The number of carboxylic acid groups (broad SMARTS) is 1. The Morgan fingerprint density at radius 3 is 2.55 bits per heavy atom. The maximum Gasteiger partial charge on any atom is 0.326 e. The molecule has 1 aromatic rings. The normalized spacial score (nSPS) is 11.8. The van der Waals surface area contributed by atoms with Crippen LogP contribution in [0.15, 0.2) is 30.3 Å². The van der Waals surface area contributed by atoms with E-state index in [1.807, 2.05) is 37.3 Å². The predicted molar refractivity (Wildman–Crippen MR) is 77.5 cm³/mol. The minimum absolute atomic E-state index is 0.156. The second-order valence-electron chi connectivity index (χ2n) is 4.66. The summed E-state index contributed by atoms with van der Waals surface area (Å²) < 4.78 is 0. The third-order valence-corrected chi connectivity index (χ3v) is 2.91. The highest BCUT2D eigenvalue weighted by Crippen LogP contribution is 2.05. The Kier molecular flexibility index (Phi) is 7.35. The van der Waals surface area contributed by atoms with Crippen molar-refractivity contribution in [2.75, 3.05) is 13.1 Å². The number of nitrogens with one attached hydrogen (secondary N) is 2. The van der Waals surface area contributed by atoms with Gasteiger partial charge >= 0.3 is 5.97 Å². The van der Waals surface area contributed by atoms with Crippen molar-refractivity contribution in [3.05, 3.63) is 35.9 Å². The molecule has 1 atom stereocenters. The van der Waals surface area contributed by atoms with Crippen molar-refractivity contribution >= 4 is 11.9 Å². The smallest absolute Gasteiger partial charge is 0.326 e. The third-order valence-electron chi connectivity index (χ3n) is 2.91. The van der Waals surface area contributed by atoms with Crippen molar-refractivity contribution in [2.24, 2.45) is 0 Å². The fraction of sp³-hybridized carbons (Fsp3) is 0.467. The molecule has 0 bridgehead atoms. The summed E-state index contributed by atoms with van der Waals surface area (Å²) in [5, 5.41) is 14.6. The molecule has 0 saturated carbocycles. The van der Waals surface area contributed by atoms with E-state index in [-0.39, 0.29) is 12.5 Å². The molecule has 3 N–H and O–H groups in total. The first-order chi connectivity index (χ1) is 9.63. The molecule has 0 heterocycles. The zero-order valence-electron chi connectivity index (χ0n) is 11.8. The molecule has 1 unspecified atom stereocenters. The Morgan fingerprint density at radius 2 is 1.95 bits per heavy atom. The van der Waals surface area contributed by atoms with Gasteiger partial charge in [0.15, 0.2) is 0 Å². The highest BCUT2D eigenvalue weighted by atomic mass is 16.4. The Bertz CT molecular complexity index is 420. The maximum absolute atomic E-state index is 11.6. The van der Waals surface area contributed by atoms with Gasteiger partial charge in [0.2, 0.25) is 5.91 Å². The minimum atomic E-state index is -0.996. The van der Waals surface area contributed by atoms with Crippen molar-refractivity contribution in [3.8, 4) is 0 Å². The van der Waals surface area contributed by atoms with Gasteiger partial charge in [0, 0.05) is 0 Å². The summed E-state index contributed by atoms with van der Waals surface area (Å²) in [7, 11) is 0. The SMILES string of the molecule is CCCNCC(=O)NC(CCc1ccccc1)C(=O)O. The molecule has 0 aliphatic carbocycles. The average Bonchev–Trinajstić information content (AvgIpc) is 2.44. The number of carboxylic acids is 1. The van der Waals surface area contributed by atoms with Crippen LogP contribution in [0, 0.1) is 0 Å². The molecule has 110 valence electrons. The number of hydrogen-bond acceptors (Lipinski definition) is 3. The van der Waals surface area contributed by atoms with Gasteiger partial charge in [-0.1, -0.05) is 37.3 Å². The number of carbonyl (C=O) groups excluding carboxylic acids is 1. The highest BCUT2D eigenvalue weighted by molar-refractivity contribution is 5.84. The summed E-state index contributed by atoms with van der Waals surface area (Å²) in [5.74, 6) is -1.27. The van der Waals surface area contributed by atoms with Crippen LogP contribution < -0.4 is 10.6 Å². The van der Waals surface area contributed by atoms with Gasteiger partial charge in [-0.15, -0.1) is 0 Å². The van der Waals surface area contributed by atoms with Crippen LogP contribution in [-0.2, 0) is 16.0 Å². The van der Waals surface area contributed by atoms with Gasteiger partial charge in [-0.2, -0.15) is 0 Å². The summed E-state index contributed by atoms with van der Waals surface area (Å²) in [6, 6.07) is 8.80. The summed E-state index contributed by atoms with van der Waals surface area (Å²) in [6.45, 7) is 2.91. The summed E-state index contributed by atoms with van der Waals surface area (Å²) >= 11 is 0. The topological polar surface area (TPSA) is 78.4 Å². The number of hydrogen-bond donors (Lipinski definition) is 3. The fourth-order valence-corrected chi connectivity index (χ4v) is 1.84. The van der Waals surface area contributed by atoms with E-state index in [1.54, 1.807) is 0 Å². The maximum atomic E-state index is 11.6. The average molecular weight is 278 g/mol. The molecule has 0 aliphatic rings. The van der Waals surface area contributed by atoms with Crippen LogP contribution in [-0.4, -0.2) is 36.1 Å². The molecule has 0 aromatic heterocycles. The molecule has 0 fully saturated rings. The van der Waals surface area contributed by atoms with Gasteiger partial charge in [0.05, 0.1) is 6.54 Å². The lowest BCUT2D eigenvalue weighted by atomic mass is 10.1. The summed E-state index contributed by atoms with van der Waals surface area (Å²) in [4.78, 5) is 22.8. The van der Waals surface area contributed by atoms with E-state index in [1.165, 1.54) is 0 Å². The monoisotopic (exact) mass is 278 g/mol. The lowest BCUT2D eigenvalue weighted by molar-refractivity contribution is -0.141. The lowest BCUT2D eigenvalue weighted by Crippen LogP contribution is -2.44. The first kappa shape index (κ1) is 16.2. The number of aliphatic carboxylic acids is 1.